The minimum atomic E-state index is 0.0782. The molecule has 172 valence electrons. The van der Waals surface area contributed by atoms with Crippen LogP contribution in [-0.2, 0) is 6.54 Å². The molecule has 1 atom stereocenters. The molecule has 0 radical (unpaired) electrons. The van der Waals surface area contributed by atoms with E-state index in [1.165, 1.54) is 36.8 Å². The zero-order valence-corrected chi connectivity index (χ0v) is 18.8. The summed E-state index contributed by atoms with van der Waals surface area (Å²) in [7, 11) is 0. The highest BCUT2D eigenvalue weighted by atomic mass is 16.7. The predicted molar refractivity (Wildman–Crippen MR) is 123 cm³/mol. The minimum absolute atomic E-state index is 0.0782. The van der Waals surface area contributed by atoms with Crippen LogP contribution in [0.4, 0.5) is 0 Å². The molecule has 2 aliphatic heterocycles. The topological polar surface area (TPSA) is 68.5 Å². The molecule has 1 aliphatic carbocycles. The number of hydrogen-bond acceptors (Lipinski definition) is 7. The molecule has 33 heavy (non-hydrogen) atoms. The molecule has 3 aliphatic rings. The first kappa shape index (κ1) is 20.6. The van der Waals surface area contributed by atoms with Gasteiger partial charge in [-0.1, -0.05) is 49.2 Å². The first-order valence-corrected chi connectivity index (χ1v) is 12.0. The number of benzene rings is 2. The van der Waals surface area contributed by atoms with Gasteiger partial charge in [0.1, 0.15) is 0 Å². The van der Waals surface area contributed by atoms with Gasteiger partial charge in [-0.25, -0.2) is 4.68 Å². The third kappa shape index (κ3) is 4.20. The van der Waals surface area contributed by atoms with Gasteiger partial charge in [0.25, 0.3) is 0 Å². The lowest BCUT2D eigenvalue weighted by Gasteiger charge is -2.39. The van der Waals surface area contributed by atoms with Crippen LogP contribution < -0.4 is 9.47 Å². The summed E-state index contributed by atoms with van der Waals surface area (Å²) in [6, 6.07) is 17.5. The molecule has 3 heterocycles. The molecule has 3 aromatic rings. The van der Waals surface area contributed by atoms with Crippen LogP contribution in [0.1, 0.15) is 54.7 Å². The van der Waals surface area contributed by atoms with Crippen molar-refractivity contribution in [2.24, 2.45) is 0 Å². The molecule has 0 spiro atoms. The van der Waals surface area contributed by atoms with E-state index >= 15 is 0 Å². The summed E-state index contributed by atoms with van der Waals surface area (Å²) in [5, 5.41) is 13.1. The molecule has 0 bridgehead atoms. The fourth-order valence-electron chi connectivity index (χ4n) is 5.43. The maximum Gasteiger partial charge on any atom is 0.231 e. The third-order valence-corrected chi connectivity index (χ3v) is 7.16. The molecular weight excluding hydrogens is 416 g/mol. The SMILES string of the molecule is c1ccc([C@H](c2nnnn2C2CCCC2)N2CCN(Cc3ccc4c(c3)OCO4)CC2)cc1. The summed E-state index contributed by atoms with van der Waals surface area (Å²) >= 11 is 0. The fraction of sp³-hybridized carbons (Fsp3) is 0.480. The van der Waals surface area contributed by atoms with Gasteiger partial charge in [-0.15, -0.1) is 5.10 Å². The van der Waals surface area contributed by atoms with Gasteiger partial charge in [0.05, 0.1) is 12.1 Å². The van der Waals surface area contributed by atoms with E-state index in [0.29, 0.717) is 12.8 Å². The van der Waals surface area contributed by atoms with E-state index in [2.05, 4.69) is 72.5 Å². The summed E-state index contributed by atoms with van der Waals surface area (Å²) in [5.41, 5.74) is 2.52. The Morgan fingerprint density at radius 1 is 0.909 bits per heavy atom. The lowest BCUT2D eigenvalue weighted by atomic mass is 10.0. The second-order valence-electron chi connectivity index (χ2n) is 9.23. The number of aromatic nitrogens is 4. The van der Waals surface area contributed by atoms with Crippen LogP contribution in [0.2, 0.25) is 0 Å². The Hall–Kier alpha value is -2.97. The highest BCUT2D eigenvalue weighted by molar-refractivity contribution is 5.44. The van der Waals surface area contributed by atoms with Gasteiger partial charge in [0.15, 0.2) is 17.3 Å². The number of ether oxygens (including phenoxy) is 2. The van der Waals surface area contributed by atoms with Gasteiger partial charge in [-0.3, -0.25) is 9.80 Å². The monoisotopic (exact) mass is 446 g/mol. The van der Waals surface area contributed by atoms with Gasteiger partial charge in [-0.2, -0.15) is 0 Å². The Morgan fingerprint density at radius 3 is 2.52 bits per heavy atom. The normalized spacial score (nSPS) is 20.4. The number of piperazine rings is 1. The van der Waals surface area contributed by atoms with Crippen LogP contribution in [0.5, 0.6) is 11.5 Å². The average molecular weight is 447 g/mol. The molecule has 2 fully saturated rings. The first-order chi connectivity index (χ1) is 16.3. The molecule has 2 aromatic carbocycles. The van der Waals surface area contributed by atoms with Crippen molar-refractivity contribution in [2.45, 2.75) is 44.3 Å². The van der Waals surface area contributed by atoms with E-state index in [-0.39, 0.29) is 6.04 Å². The van der Waals surface area contributed by atoms with Gasteiger partial charge in [0.2, 0.25) is 6.79 Å². The van der Waals surface area contributed by atoms with Crippen molar-refractivity contribution in [3.05, 3.63) is 65.5 Å². The Labute approximate surface area is 194 Å². The van der Waals surface area contributed by atoms with Gasteiger partial charge in [0, 0.05) is 32.7 Å². The van der Waals surface area contributed by atoms with Crippen molar-refractivity contribution < 1.29 is 9.47 Å². The van der Waals surface area contributed by atoms with Crippen LogP contribution >= 0.6 is 0 Å². The minimum Gasteiger partial charge on any atom is -0.454 e. The first-order valence-electron chi connectivity index (χ1n) is 12.0. The highest BCUT2D eigenvalue weighted by Crippen LogP contribution is 2.35. The molecule has 8 heteroatoms. The van der Waals surface area contributed by atoms with Gasteiger partial charge < -0.3 is 9.47 Å². The van der Waals surface area contributed by atoms with E-state index in [1.54, 1.807) is 0 Å². The summed E-state index contributed by atoms with van der Waals surface area (Å²) in [6.07, 6.45) is 4.86. The van der Waals surface area contributed by atoms with Crippen LogP contribution in [0, 0.1) is 0 Å². The molecule has 0 amide bonds. The second kappa shape index (κ2) is 9.11. The number of fused-ring (bicyclic) bond motifs is 1. The second-order valence-corrected chi connectivity index (χ2v) is 9.23. The van der Waals surface area contributed by atoms with Crippen molar-refractivity contribution in [1.29, 1.82) is 0 Å². The molecule has 8 nitrogen and oxygen atoms in total. The van der Waals surface area contributed by atoms with Crippen LogP contribution in [0.25, 0.3) is 0 Å². The van der Waals surface area contributed by atoms with Crippen molar-refractivity contribution in [1.82, 2.24) is 30.0 Å². The number of hydrogen-bond donors (Lipinski definition) is 0. The summed E-state index contributed by atoms with van der Waals surface area (Å²) in [6.45, 7) is 5.19. The van der Waals surface area contributed by atoms with Crippen molar-refractivity contribution in [2.75, 3.05) is 33.0 Å². The molecule has 6 rings (SSSR count). The molecule has 1 aromatic heterocycles. The van der Waals surface area contributed by atoms with Gasteiger partial charge in [-0.05, 0) is 46.5 Å². The zero-order chi connectivity index (χ0) is 22.0. The Kier molecular flexibility index (Phi) is 5.69. The molecule has 1 saturated heterocycles. The van der Waals surface area contributed by atoms with E-state index in [1.807, 2.05) is 6.07 Å². The quantitative estimate of drug-likeness (QED) is 0.575. The van der Waals surface area contributed by atoms with E-state index in [9.17, 15) is 0 Å². The molecule has 0 unspecified atom stereocenters. The Bertz CT molecular complexity index is 1070. The van der Waals surface area contributed by atoms with Crippen LogP contribution in [0.15, 0.2) is 48.5 Å². The number of rotatable bonds is 6. The smallest absolute Gasteiger partial charge is 0.231 e. The lowest BCUT2D eigenvalue weighted by Crippen LogP contribution is -2.48. The zero-order valence-electron chi connectivity index (χ0n) is 18.8. The Morgan fingerprint density at radius 2 is 1.70 bits per heavy atom. The van der Waals surface area contributed by atoms with Crippen molar-refractivity contribution in [3.8, 4) is 11.5 Å². The van der Waals surface area contributed by atoms with Crippen molar-refractivity contribution >= 4 is 0 Å². The average Bonchev–Trinajstić information content (AvgIpc) is 3.63. The largest absolute Gasteiger partial charge is 0.454 e. The molecule has 0 N–H and O–H groups in total. The maximum absolute atomic E-state index is 5.55. The lowest BCUT2D eigenvalue weighted by molar-refractivity contribution is 0.0992. The highest BCUT2D eigenvalue weighted by Gasteiger charge is 2.33. The number of nitrogens with zero attached hydrogens (tertiary/aromatic N) is 6. The Balaban J connectivity index is 1.19. The fourth-order valence-corrected chi connectivity index (χ4v) is 5.43. The number of tetrazole rings is 1. The van der Waals surface area contributed by atoms with Crippen molar-refractivity contribution in [3.63, 3.8) is 0 Å². The standard InChI is InChI=1S/C25H30N6O2/c1-2-6-20(7-3-1)24(25-26-27-28-31(25)21-8-4-5-9-21)30-14-12-29(13-15-30)17-19-10-11-22-23(16-19)33-18-32-22/h1-3,6-7,10-11,16,21,24H,4-5,8-9,12-15,17-18H2/t24-/m1/s1. The van der Waals surface area contributed by atoms with E-state index < -0.39 is 0 Å². The summed E-state index contributed by atoms with van der Waals surface area (Å²) < 4.78 is 13.1. The summed E-state index contributed by atoms with van der Waals surface area (Å²) in [5.74, 6) is 2.68. The summed E-state index contributed by atoms with van der Waals surface area (Å²) in [4.78, 5) is 5.05. The van der Waals surface area contributed by atoms with Crippen LogP contribution in [0.3, 0.4) is 0 Å². The maximum atomic E-state index is 5.55. The third-order valence-electron chi connectivity index (χ3n) is 7.16. The van der Waals surface area contributed by atoms with Gasteiger partial charge >= 0.3 is 0 Å². The predicted octanol–water partition coefficient (Wildman–Crippen LogP) is 3.42. The van der Waals surface area contributed by atoms with E-state index in [4.69, 9.17) is 9.47 Å². The van der Waals surface area contributed by atoms with E-state index in [0.717, 1.165) is 50.0 Å². The molecule has 1 saturated carbocycles. The molecular formula is C25H30N6O2. The van der Waals surface area contributed by atoms with Crippen LogP contribution in [-0.4, -0.2) is 63.0 Å².